The summed E-state index contributed by atoms with van der Waals surface area (Å²) in [6.07, 6.45) is 0. The lowest BCUT2D eigenvalue weighted by molar-refractivity contribution is 0.628. The third kappa shape index (κ3) is 2.84. The number of halogens is 2. The molecule has 0 aliphatic heterocycles. The van der Waals surface area contributed by atoms with E-state index in [1.54, 1.807) is 12.1 Å². The standard InChI is InChI=1S/C18H11ClFN3S/c19-14-8-9-24-16(14)18-22-15-7-2-1-6-13(15)17(23-18)21-12-5-3-4-11(20)10-12/h1-10H,(H,21,22,23). The Morgan fingerprint density at radius 2 is 1.88 bits per heavy atom. The predicted octanol–water partition coefficient (Wildman–Crippen LogP) is 5.89. The lowest BCUT2D eigenvalue weighted by Gasteiger charge is -2.10. The topological polar surface area (TPSA) is 37.8 Å². The van der Waals surface area contributed by atoms with Gasteiger partial charge in [-0.05, 0) is 41.8 Å². The fraction of sp³-hybridized carbons (Fsp3) is 0. The van der Waals surface area contributed by atoms with Crippen LogP contribution in [0, 0.1) is 5.82 Å². The summed E-state index contributed by atoms with van der Waals surface area (Å²) in [6, 6.07) is 15.8. The van der Waals surface area contributed by atoms with Gasteiger partial charge in [0.25, 0.3) is 0 Å². The van der Waals surface area contributed by atoms with Gasteiger partial charge in [-0.25, -0.2) is 14.4 Å². The second-order valence-electron chi connectivity index (χ2n) is 5.15. The van der Waals surface area contributed by atoms with Crippen LogP contribution < -0.4 is 5.32 Å². The summed E-state index contributed by atoms with van der Waals surface area (Å²) in [5, 5.41) is 6.56. The molecular weight excluding hydrogens is 345 g/mol. The molecule has 2 heterocycles. The number of anilines is 2. The maximum absolute atomic E-state index is 13.5. The van der Waals surface area contributed by atoms with Crippen LogP contribution in [0.3, 0.4) is 0 Å². The molecule has 0 fully saturated rings. The molecule has 6 heteroatoms. The van der Waals surface area contributed by atoms with Gasteiger partial charge in [-0.3, -0.25) is 0 Å². The second kappa shape index (κ2) is 6.19. The van der Waals surface area contributed by atoms with Crippen LogP contribution in [0.5, 0.6) is 0 Å². The molecule has 0 spiro atoms. The van der Waals surface area contributed by atoms with E-state index >= 15 is 0 Å². The molecule has 1 N–H and O–H groups in total. The van der Waals surface area contributed by atoms with Gasteiger partial charge < -0.3 is 5.32 Å². The Bertz CT molecular complexity index is 1030. The Morgan fingerprint density at radius 1 is 1.00 bits per heavy atom. The molecule has 0 saturated heterocycles. The number of aromatic nitrogens is 2. The highest BCUT2D eigenvalue weighted by Crippen LogP contribution is 2.34. The van der Waals surface area contributed by atoms with Crippen molar-refractivity contribution in [3.05, 3.63) is 70.8 Å². The summed E-state index contributed by atoms with van der Waals surface area (Å²) in [5.41, 5.74) is 1.42. The van der Waals surface area contributed by atoms with Crippen LogP contribution in [0.1, 0.15) is 0 Å². The SMILES string of the molecule is Fc1cccc(Nc2nc(-c3sccc3Cl)nc3ccccc23)c1. The van der Waals surface area contributed by atoms with E-state index in [2.05, 4.69) is 15.3 Å². The quantitative estimate of drug-likeness (QED) is 0.497. The Hall–Kier alpha value is -2.50. The smallest absolute Gasteiger partial charge is 0.173 e. The number of nitrogens with zero attached hydrogens (tertiary/aromatic N) is 2. The van der Waals surface area contributed by atoms with Crippen LogP contribution >= 0.6 is 22.9 Å². The summed E-state index contributed by atoms with van der Waals surface area (Å²) < 4.78 is 13.5. The molecule has 0 aliphatic rings. The number of fused-ring (bicyclic) bond motifs is 1. The van der Waals surface area contributed by atoms with E-state index in [1.807, 2.05) is 35.7 Å². The number of rotatable bonds is 3. The van der Waals surface area contributed by atoms with E-state index in [4.69, 9.17) is 11.6 Å². The molecule has 0 unspecified atom stereocenters. The van der Waals surface area contributed by atoms with Crippen molar-refractivity contribution in [3.63, 3.8) is 0 Å². The van der Waals surface area contributed by atoms with Gasteiger partial charge >= 0.3 is 0 Å². The first-order chi connectivity index (χ1) is 11.7. The average Bonchev–Trinajstić information content (AvgIpc) is 3.01. The summed E-state index contributed by atoms with van der Waals surface area (Å²) in [5.74, 6) is 0.859. The third-order valence-corrected chi connectivity index (χ3v) is 4.85. The van der Waals surface area contributed by atoms with Crippen molar-refractivity contribution in [2.24, 2.45) is 0 Å². The predicted molar refractivity (Wildman–Crippen MR) is 97.5 cm³/mol. The van der Waals surface area contributed by atoms with Crippen LogP contribution in [0.25, 0.3) is 21.6 Å². The first-order valence-electron chi connectivity index (χ1n) is 7.23. The first kappa shape index (κ1) is 15.1. The lowest BCUT2D eigenvalue weighted by Crippen LogP contribution is -1.99. The zero-order valence-electron chi connectivity index (χ0n) is 12.3. The highest BCUT2D eigenvalue weighted by Gasteiger charge is 2.13. The first-order valence-corrected chi connectivity index (χ1v) is 8.49. The van der Waals surface area contributed by atoms with Gasteiger partial charge in [-0.2, -0.15) is 0 Å². The fourth-order valence-electron chi connectivity index (χ4n) is 2.43. The Morgan fingerprint density at radius 3 is 2.67 bits per heavy atom. The van der Waals surface area contributed by atoms with Crippen LogP contribution in [0.2, 0.25) is 5.02 Å². The minimum Gasteiger partial charge on any atom is -0.340 e. The average molecular weight is 356 g/mol. The molecule has 0 bridgehead atoms. The van der Waals surface area contributed by atoms with Gasteiger partial charge in [0.15, 0.2) is 5.82 Å². The molecule has 0 atom stereocenters. The fourth-order valence-corrected chi connectivity index (χ4v) is 3.50. The van der Waals surface area contributed by atoms with Crippen LogP contribution in [-0.2, 0) is 0 Å². The molecule has 2 aromatic heterocycles. The van der Waals surface area contributed by atoms with Crippen molar-refractivity contribution < 1.29 is 4.39 Å². The van der Waals surface area contributed by atoms with Gasteiger partial charge in [0.05, 0.1) is 15.4 Å². The maximum atomic E-state index is 13.5. The molecule has 24 heavy (non-hydrogen) atoms. The Balaban J connectivity index is 1.88. The maximum Gasteiger partial charge on any atom is 0.173 e. The van der Waals surface area contributed by atoms with E-state index in [1.165, 1.54) is 23.5 Å². The number of nitrogens with one attached hydrogen (secondary N) is 1. The van der Waals surface area contributed by atoms with Gasteiger partial charge in [0.2, 0.25) is 0 Å². The summed E-state index contributed by atoms with van der Waals surface area (Å²) >= 11 is 7.70. The number of hydrogen-bond donors (Lipinski definition) is 1. The monoisotopic (exact) mass is 355 g/mol. The molecule has 4 aromatic rings. The summed E-state index contributed by atoms with van der Waals surface area (Å²) in [6.45, 7) is 0. The lowest BCUT2D eigenvalue weighted by atomic mass is 10.2. The van der Waals surface area contributed by atoms with E-state index in [-0.39, 0.29) is 5.82 Å². The van der Waals surface area contributed by atoms with Gasteiger partial charge in [0, 0.05) is 11.1 Å². The zero-order chi connectivity index (χ0) is 16.5. The van der Waals surface area contributed by atoms with Crippen LogP contribution in [-0.4, -0.2) is 9.97 Å². The number of hydrogen-bond acceptors (Lipinski definition) is 4. The van der Waals surface area contributed by atoms with Crippen molar-refractivity contribution in [1.82, 2.24) is 9.97 Å². The Labute approximate surface area is 146 Å². The third-order valence-electron chi connectivity index (χ3n) is 3.51. The van der Waals surface area contributed by atoms with E-state index < -0.39 is 0 Å². The van der Waals surface area contributed by atoms with Crippen molar-refractivity contribution in [1.29, 1.82) is 0 Å². The minimum atomic E-state index is -0.306. The second-order valence-corrected chi connectivity index (χ2v) is 6.47. The van der Waals surface area contributed by atoms with Gasteiger partial charge in [-0.1, -0.05) is 29.8 Å². The van der Waals surface area contributed by atoms with Gasteiger partial charge in [-0.15, -0.1) is 11.3 Å². The summed E-state index contributed by atoms with van der Waals surface area (Å²) in [4.78, 5) is 10.0. The largest absolute Gasteiger partial charge is 0.340 e. The Kier molecular flexibility index (Phi) is 3.88. The molecule has 2 aromatic carbocycles. The number of para-hydroxylation sites is 1. The molecule has 0 radical (unpaired) electrons. The number of thiophene rings is 1. The van der Waals surface area contributed by atoms with E-state index in [0.29, 0.717) is 22.4 Å². The molecular formula is C18H11ClFN3S. The zero-order valence-corrected chi connectivity index (χ0v) is 13.9. The van der Waals surface area contributed by atoms with Crippen molar-refractivity contribution in [2.45, 2.75) is 0 Å². The number of benzene rings is 2. The highest BCUT2D eigenvalue weighted by molar-refractivity contribution is 7.14. The molecule has 118 valence electrons. The van der Waals surface area contributed by atoms with Crippen LogP contribution in [0.4, 0.5) is 15.9 Å². The minimum absolute atomic E-state index is 0.306. The van der Waals surface area contributed by atoms with Crippen molar-refractivity contribution in [3.8, 4) is 10.7 Å². The van der Waals surface area contributed by atoms with Gasteiger partial charge in [0.1, 0.15) is 11.6 Å². The molecule has 4 rings (SSSR count). The normalized spacial score (nSPS) is 10.9. The highest BCUT2D eigenvalue weighted by atomic mass is 35.5. The van der Waals surface area contributed by atoms with Crippen molar-refractivity contribution in [2.75, 3.05) is 5.32 Å². The molecule has 3 nitrogen and oxygen atoms in total. The van der Waals surface area contributed by atoms with Crippen LogP contribution in [0.15, 0.2) is 60.0 Å². The molecule has 0 amide bonds. The molecule has 0 aliphatic carbocycles. The van der Waals surface area contributed by atoms with E-state index in [0.717, 1.165) is 15.8 Å². The van der Waals surface area contributed by atoms with Crippen molar-refractivity contribution >= 4 is 45.3 Å². The summed E-state index contributed by atoms with van der Waals surface area (Å²) in [7, 11) is 0. The van der Waals surface area contributed by atoms with E-state index in [9.17, 15) is 4.39 Å². The molecule has 0 saturated carbocycles.